The number of ether oxygens (including phenoxy) is 4. The van der Waals surface area contributed by atoms with E-state index in [-0.39, 0.29) is 19.1 Å². The van der Waals surface area contributed by atoms with Gasteiger partial charge in [-0.3, -0.25) is 0 Å². The van der Waals surface area contributed by atoms with Crippen molar-refractivity contribution in [2.24, 2.45) is 5.92 Å². The Morgan fingerprint density at radius 1 is 0.690 bits per heavy atom. The van der Waals surface area contributed by atoms with Crippen LogP contribution >= 0.6 is 0 Å². The highest BCUT2D eigenvalue weighted by Gasteiger charge is 2.45. The molecule has 0 aliphatic carbocycles. The first-order valence-electron chi connectivity index (χ1n) is 9.55. The molecule has 0 spiro atoms. The second-order valence-electron chi connectivity index (χ2n) is 7.49. The van der Waals surface area contributed by atoms with Gasteiger partial charge in [0.15, 0.2) is 12.6 Å². The van der Waals surface area contributed by atoms with Gasteiger partial charge in [-0.05, 0) is 12.3 Å². The fourth-order valence-electron chi connectivity index (χ4n) is 3.14. The summed E-state index contributed by atoms with van der Waals surface area (Å²) in [5.41, 5.74) is 0. The van der Waals surface area contributed by atoms with Crippen LogP contribution in [0.2, 0.25) is 0 Å². The molecule has 0 aromatic heterocycles. The van der Waals surface area contributed by atoms with Crippen molar-refractivity contribution >= 4 is 0 Å². The van der Waals surface area contributed by atoms with Gasteiger partial charge >= 0.3 is 0 Å². The Morgan fingerprint density at radius 3 is 1.59 bits per heavy atom. The molecule has 11 atom stereocenters. The van der Waals surface area contributed by atoms with Gasteiger partial charge in [0.2, 0.25) is 0 Å². The third-order valence-corrected chi connectivity index (χ3v) is 5.13. The summed E-state index contributed by atoms with van der Waals surface area (Å²) in [6.45, 7) is 0.907. The molecular weight excluding hydrogens is 396 g/mol. The van der Waals surface area contributed by atoms with Gasteiger partial charge < -0.3 is 59.8 Å². The first kappa shape index (κ1) is 24.8. The minimum Gasteiger partial charge on any atom is -0.394 e. The maximum atomic E-state index is 9.93. The zero-order valence-electron chi connectivity index (χ0n) is 16.1. The number of aliphatic hydroxyl groups is 8. The van der Waals surface area contributed by atoms with Crippen LogP contribution in [-0.4, -0.2) is 129 Å². The Kier molecular flexibility index (Phi) is 9.60. The van der Waals surface area contributed by atoms with Crippen molar-refractivity contribution in [2.75, 3.05) is 26.4 Å². The van der Waals surface area contributed by atoms with Gasteiger partial charge in [-0.2, -0.15) is 0 Å². The molecule has 2 aliphatic heterocycles. The lowest BCUT2D eigenvalue weighted by Gasteiger charge is -2.40. The molecule has 172 valence electrons. The van der Waals surface area contributed by atoms with Gasteiger partial charge in [-0.1, -0.05) is 6.92 Å². The van der Waals surface area contributed by atoms with E-state index in [9.17, 15) is 30.6 Å². The van der Waals surface area contributed by atoms with E-state index in [0.717, 1.165) is 0 Å². The molecule has 2 fully saturated rings. The SMILES string of the molecule is CC(CCO[C@H]1O[C@H](CO)[C@@H](O)[C@H](O)[C@@H]1O)CO[C@H]1O[C@H](CO)[C@@H](O)[C@H](O)[C@@H]1O. The predicted molar refractivity (Wildman–Crippen MR) is 93.2 cm³/mol. The van der Waals surface area contributed by atoms with E-state index in [1.54, 1.807) is 6.92 Å². The van der Waals surface area contributed by atoms with E-state index in [4.69, 9.17) is 29.2 Å². The third kappa shape index (κ3) is 6.03. The molecule has 8 N–H and O–H groups in total. The Bertz CT molecular complexity index is 477. The molecule has 29 heavy (non-hydrogen) atoms. The Labute approximate surface area is 167 Å². The van der Waals surface area contributed by atoms with Crippen LogP contribution in [0.4, 0.5) is 0 Å². The summed E-state index contributed by atoms with van der Waals surface area (Å²) in [5.74, 6) is -0.118. The predicted octanol–water partition coefficient (Wildman–Crippen LogP) is -4.35. The van der Waals surface area contributed by atoms with Crippen LogP contribution in [0.25, 0.3) is 0 Å². The number of rotatable bonds is 9. The molecule has 0 amide bonds. The van der Waals surface area contributed by atoms with Crippen molar-refractivity contribution in [3.05, 3.63) is 0 Å². The van der Waals surface area contributed by atoms with Gasteiger partial charge in [-0.25, -0.2) is 0 Å². The highest BCUT2D eigenvalue weighted by Crippen LogP contribution is 2.24. The molecule has 12 heteroatoms. The molecule has 0 radical (unpaired) electrons. The Hall–Kier alpha value is -0.480. The summed E-state index contributed by atoms with van der Waals surface area (Å²) in [4.78, 5) is 0. The summed E-state index contributed by atoms with van der Waals surface area (Å²) in [5, 5.41) is 77.1. The third-order valence-electron chi connectivity index (χ3n) is 5.13. The van der Waals surface area contributed by atoms with Crippen molar-refractivity contribution in [2.45, 2.75) is 74.8 Å². The molecule has 1 unspecified atom stereocenters. The minimum atomic E-state index is -1.52. The normalized spacial score (nSPS) is 44.6. The molecule has 2 saturated heterocycles. The molecule has 12 nitrogen and oxygen atoms in total. The van der Waals surface area contributed by atoms with Crippen molar-refractivity contribution in [1.82, 2.24) is 0 Å². The average Bonchev–Trinajstić information content (AvgIpc) is 2.71. The van der Waals surface area contributed by atoms with Gasteiger partial charge in [-0.15, -0.1) is 0 Å². The van der Waals surface area contributed by atoms with Crippen molar-refractivity contribution in [1.29, 1.82) is 0 Å². The van der Waals surface area contributed by atoms with E-state index in [1.807, 2.05) is 0 Å². The lowest BCUT2D eigenvalue weighted by Crippen LogP contribution is -2.59. The zero-order valence-corrected chi connectivity index (χ0v) is 16.1. The molecule has 2 rings (SSSR count). The van der Waals surface area contributed by atoms with Crippen LogP contribution in [0.5, 0.6) is 0 Å². The quantitative estimate of drug-likeness (QED) is 0.176. The summed E-state index contributed by atoms with van der Waals surface area (Å²) < 4.78 is 21.3. The van der Waals surface area contributed by atoms with Crippen molar-refractivity contribution in [3.63, 3.8) is 0 Å². The van der Waals surface area contributed by atoms with Crippen molar-refractivity contribution in [3.8, 4) is 0 Å². The highest BCUT2D eigenvalue weighted by molar-refractivity contribution is 4.89. The van der Waals surface area contributed by atoms with E-state index in [0.29, 0.717) is 6.42 Å². The lowest BCUT2D eigenvalue weighted by atomic mass is 9.99. The topological polar surface area (TPSA) is 199 Å². The fourth-order valence-corrected chi connectivity index (χ4v) is 3.14. The summed E-state index contributed by atoms with van der Waals surface area (Å²) in [6, 6.07) is 0. The largest absolute Gasteiger partial charge is 0.394 e. The number of aliphatic hydroxyl groups excluding tert-OH is 8. The van der Waals surface area contributed by atoms with E-state index in [2.05, 4.69) is 0 Å². The van der Waals surface area contributed by atoms with Gasteiger partial charge in [0, 0.05) is 0 Å². The Morgan fingerprint density at radius 2 is 1.14 bits per heavy atom. The van der Waals surface area contributed by atoms with Gasteiger partial charge in [0.05, 0.1) is 26.4 Å². The molecule has 0 aromatic carbocycles. The fraction of sp³-hybridized carbons (Fsp3) is 1.00. The molecule has 0 aromatic rings. The minimum absolute atomic E-state index is 0.0979. The standard InChI is InChI=1S/C17H32O12/c1-7(6-27-17-15(25)13(23)11(21)9(5-19)29-17)2-3-26-16-14(24)12(22)10(20)8(4-18)28-16/h7-25H,2-6H2,1H3/t7?,8-,9-,10-,11-,12+,13+,14+,15+,16+,17+/m1/s1. The van der Waals surface area contributed by atoms with Crippen LogP contribution in [0.1, 0.15) is 13.3 Å². The second-order valence-corrected chi connectivity index (χ2v) is 7.49. The monoisotopic (exact) mass is 428 g/mol. The van der Waals surface area contributed by atoms with Gasteiger partial charge in [0.25, 0.3) is 0 Å². The summed E-state index contributed by atoms with van der Waals surface area (Å²) in [6.07, 6.45) is -13.0. The molecule has 0 bridgehead atoms. The van der Waals surface area contributed by atoms with Crippen LogP contribution in [-0.2, 0) is 18.9 Å². The van der Waals surface area contributed by atoms with E-state index >= 15 is 0 Å². The average molecular weight is 428 g/mol. The highest BCUT2D eigenvalue weighted by atomic mass is 16.7. The molecular formula is C17H32O12. The number of hydrogen-bond donors (Lipinski definition) is 8. The smallest absolute Gasteiger partial charge is 0.186 e. The first-order valence-corrected chi connectivity index (χ1v) is 9.55. The van der Waals surface area contributed by atoms with E-state index in [1.165, 1.54) is 0 Å². The van der Waals surface area contributed by atoms with Crippen LogP contribution in [0, 0.1) is 5.92 Å². The molecule has 2 heterocycles. The first-order chi connectivity index (χ1) is 13.7. The van der Waals surface area contributed by atoms with Gasteiger partial charge in [0.1, 0.15) is 48.8 Å². The van der Waals surface area contributed by atoms with Crippen LogP contribution in [0.3, 0.4) is 0 Å². The van der Waals surface area contributed by atoms with Crippen LogP contribution < -0.4 is 0 Å². The van der Waals surface area contributed by atoms with E-state index < -0.39 is 74.6 Å². The summed E-state index contributed by atoms with van der Waals surface area (Å²) >= 11 is 0. The van der Waals surface area contributed by atoms with Crippen molar-refractivity contribution < 1.29 is 59.8 Å². The zero-order chi connectivity index (χ0) is 21.7. The number of hydrogen-bond acceptors (Lipinski definition) is 12. The molecule has 2 aliphatic rings. The lowest BCUT2D eigenvalue weighted by molar-refractivity contribution is -0.306. The Balaban J connectivity index is 1.74. The molecule has 0 saturated carbocycles. The van der Waals surface area contributed by atoms with Crippen LogP contribution in [0.15, 0.2) is 0 Å². The maximum absolute atomic E-state index is 9.93. The summed E-state index contributed by atoms with van der Waals surface area (Å²) in [7, 11) is 0. The maximum Gasteiger partial charge on any atom is 0.186 e. The second kappa shape index (κ2) is 11.2.